The first-order valence-corrected chi connectivity index (χ1v) is 9.18. The Balaban J connectivity index is 2.04. The van der Waals surface area contributed by atoms with Gasteiger partial charge in [0.2, 0.25) is 0 Å². The van der Waals surface area contributed by atoms with E-state index in [0.717, 1.165) is 37.1 Å². The van der Waals surface area contributed by atoms with Crippen molar-refractivity contribution in [1.29, 1.82) is 0 Å². The number of fused-ring (bicyclic) bond motifs is 1. The summed E-state index contributed by atoms with van der Waals surface area (Å²) in [5.41, 5.74) is 1.43. The van der Waals surface area contributed by atoms with Gasteiger partial charge in [0, 0.05) is 20.3 Å². The number of hydrogen-bond donors (Lipinski definition) is 0. The van der Waals surface area contributed by atoms with Crippen molar-refractivity contribution in [3.63, 3.8) is 0 Å². The maximum atomic E-state index is 12.7. The van der Waals surface area contributed by atoms with Crippen molar-refractivity contribution in [1.82, 2.24) is 4.98 Å². The number of nitrogens with zero attached hydrogens (tertiary/aromatic N) is 1. The largest absolute Gasteiger partial charge is 0.425 e. The molecule has 0 amide bonds. The van der Waals surface area contributed by atoms with Gasteiger partial charge in [0.05, 0.1) is 15.8 Å². The summed E-state index contributed by atoms with van der Waals surface area (Å²) >= 11 is 9.15. The molecule has 1 aromatic carbocycles. The van der Waals surface area contributed by atoms with Gasteiger partial charge < -0.3 is 0 Å². The minimum absolute atomic E-state index is 0.297. The fourth-order valence-electron chi connectivity index (χ4n) is 2.21. The smallest absolute Gasteiger partial charge is 0.236 e. The molecular weight excluding hydrogens is 474 g/mol. The lowest BCUT2D eigenvalue weighted by Crippen LogP contribution is -2.14. The van der Waals surface area contributed by atoms with Crippen molar-refractivity contribution >= 4 is 71.9 Å². The second kappa shape index (κ2) is 6.34. The number of halogens is 5. The van der Waals surface area contributed by atoms with E-state index in [-0.39, 0.29) is 0 Å². The summed E-state index contributed by atoms with van der Waals surface area (Å²) in [5.74, 6) is 0. The van der Waals surface area contributed by atoms with Crippen LogP contribution in [0.2, 0.25) is 5.15 Å². The van der Waals surface area contributed by atoms with Crippen LogP contribution in [0, 0.1) is 3.57 Å². The average molecular weight is 481 g/mol. The van der Waals surface area contributed by atoms with Crippen LogP contribution in [0.3, 0.4) is 0 Å². The summed E-state index contributed by atoms with van der Waals surface area (Å²) in [7, 11) is 3.58. The SMILES string of the molecule is FC(F)(F)c1ccc(Cc2c(Cl)nc3ccc(I)cc3c2[Si])s1. The Hall–Kier alpha value is -0.643. The Kier molecular flexibility index (Phi) is 4.74. The Labute approximate surface area is 156 Å². The fraction of sp³-hybridized carbons (Fsp3) is 0.133. The number of rotatable bonds is 2. The van der Waals surface area contributed by atoms with E-state index in [1.165, 1.54) is 6.07 Å². The molecule has 0 N–H and O–H groups in total. The van der Waals surface area contributed by atoms with Crippen LogP contribution in [-0.4, -0.2) is 15.2 Å². The van der Waals surface area contributed by atoms with Gasteiger partial charge in [-0.2, -0.15) is 13.2 Å². The van der Waals surface area contributed by atoms with Gasteiger partial charge in [-0.25, -0.2) is 4.98 Å². The number of benzene rings is 1. The van der Waals surface area contributed by atoms with Crippen LogP contribution in [0.4, 0.5) is 13.2 Å². The van der Waals surface area contributed by atoms with Gasteiger partial charge in [-0.3, -0.25) is 0 Å². The molecule has 0 spiro atoms. The van der Waals surface area contributed by atoms with Crippen molar-refractivity contribution < 1.29 is 13.2 Å². The average Bonchev–Trinajstić information content (AvgIpc) is 2.93. The molecule has 0 unspecified atom stereocenters. The summed E-state index contributed by atoms with van der Waals surface area (Å²) < 4.78 is 39.2. The first kappa shape index (κ1) is 17.2. The number of hydrogen-bond acceptors (Lipinski definition) is 2. The molecule has 0 aliphatic carbocycles. The molecule has 23 heavy (non-hydrogen) atoms. The molecule has 2 aromatic heterocycles. The van der Waals surface area contributed by atoms with Crippen molar-refractivity contribution in [2.24, 2.45) is 0 Å². The van der Waals surface area contributed by atoms with E-state index in [4.69, 9.17) is 11.6 Å². The standard InChI is InChI=1S/C15H7ClF3INSSi/c16-14-10(6-8-2-4-12(22-8)15(17,18)19)13(23)9-5-7(20)1-3-11(9)21-14/h1-5H,6H2. The zero-order valence-electron chi connectivity index (χ0n) is 11.3. The van der Waals surface area contributed by atoms with E-state index in [2.05, 4.69) is 37.8 Å². The highest BCUT2D eigenvalue weighted by Crippen LogP contribution is 2.35. The van der Waals surface area contributed by atoms with Gasteiger partial charge in [0.25, 0.3) is 0 Å². The molecule has 3 radical (unpaired) electrons. The maximum absolute atomic E-state index is 12.7. The molecule has 0 saturated carbocycles. The fourth-order valence-corrected chi connectivity index (χ4v) is 4.32. The lowest BCUT2D eigenvalue weighted by atomic mass is 10.1. The number of alkyl halides is 3. The van der Waals surface area contributed by atoms with Crippen LogP contribution >= 0.6 is 45.5 Å². The summed E-state index contributed by atoms with van der Waals surface area (Å²) in [6.07, 6.45) is -4.02. The zero-order valence-corrected chi connectivity index (χ0v) is 16.1. The Morgan fingerprint density at radius 3 is 2.61 bits per heavy atom. The monoisotopic (exact) mass is 480 g/mol. The normalized spacial score (nSPS) is 12.1. The van der Waals surface area contributed by atoms with E-state index in [9.17, 15) is 13.2 Å². The summed E-state index contributed by atoms with van der Waals surface area (Å²) in [4.78, 5) is 4.32. The molecule has 0 atom stereocenters. The first-order chi connectivity index (χ1) is 10.8. The highest BCUT2D eigenvalue weighted by atomic mass is 127. The summed E-state index contributed by atoms with van der Waals surface area (Å²) in [6.45, 7) is 0. The second-order valence-electron chi connectivity index (χ2n) is 4.86. The van der Waals surface area contributed by atoms with Gasteiger partial charge in [-0.05, 0) is 58.5 Å². The first-order valence-electron chi connectivity index (χ1n) is 6.41. The van der Waals surface area contributed by atoms with Crippen LogP contribution in [0.25, 0.3) is 10.9 Å². The number of pyridine rings is 1. The zero-order chi connectivity index (χ0) is 16.8. The van der Waals surface area contributed by atoms with Gasteiger partial charge >= 0.3 is 6.18 Å². The van der Waals surface area contributed by atoms with Gasteiger partial charge in [0.15, 0.2) is 0 Å². The van der Waals surface area contributed by atoms with Crippen LogP contribution in [-0.2, 0) is 12.6 Å². The maximum Gasteiger partial charge on any atom is 0.425 e. The third-order valence-electron chi connectivity index (χ3n) is 3.29. The number of aromatic nitrogens is 1. The third kappa shape index (κ3) is 3.57. The minimum atomic E-state index is -4.32. The van der Waals surface area contributed by atoms with Gasteiger partial charge in [0.1, 0.15) is 10.0 Å². The molecule has 8 heteroatoms. The lowest BCUT2D eigenvalue weighted by molar-refractivity contribution is -0.134. The second-order valence-corrected chi connectivity index (χ2v) is 8.13. The van der Waals surface area contributed by atoms with Crippen molar-refractivity contribution in [3.8, 4) is 0 Å². The molecule has 3 rings (SSSR count). The predicted molar refractivity (Wildman–Crippen MR) is 97.0 cm³/mol. The molecular formula is C15H7ClF3INSSi. The molecule has 0 aliphatic rings. The van der Waals surface area contributed by atoms with E-state index in [0.29, 0.717) is 22.0 Å². The molecule has 0 bridgehead atoms. The van der Waals surface area contributed by atoms with Crippen LogP contribution in [0.5, 0.6) is 0 Å². The number of thiophene rings is 1. The van der Waals surface area contributed by atoms with Crippen LogP contribution in [0.1, 0.15) is 15.3 Å². The van der Waals surface area contributed by atoms with Crippen LogP contribution in [0.15, 0.2) is 30.3 Å². The molecule has 0 saturated heterocycles. The van der Waals surface area contributed by atoms with Crippen LogP contribution < -0.4 is 5.19 Å². The van der Waals surface area contributed by atoms with Gasteiger partial charge in [-0.1, -0.05) is 16.8 Å². The molecule has 0 fully saturated rings. The molecule has 2 heterocycles. The topological polar surface area (TPSA) is 12.9 Å². The van der Waals surface area contributed by atoms with E-state index in [1.807, 2.05) is 18.2 Å². The molecule has 3 aromatic rings. The Morgan fingerprint density at radius 1 is 1.22 bits per heavy atom. The van der Waals surface area contributed by atoms with Gasteiger partial charge in [-0.15, -0.1) is 11.3 Å². The Bertz CT molecular complexity index is 894. The van der Waals surface area contributed by atoms with E-state index < -0.39 is 11.1 Å². The van der Waals surface area contributed by atoms with E-state index >= 15 is 0 Å². The summed E-state index contributed by atoms with van der Waals surface area (Å²) in [6, 6.07) is 8.32. The predicted octanol–water partition coefficient (Wildman–Crippen LogP) is 4.96. The van der Waals surface area contributed by atoms with Crippen molar-refractivity contribution in [2.75, 3.05) is 0 Å². The van der Waals surface area contributed by atoms with E-state index in [1.54, 1.807) is 0 Å². The lowest BCUT2D eigenvalue weighted by Gasteiger charge is -2.11. The van der Waals surface area contributed by atoms with Crippen molar-refractivity contribution in [3.05, 3.63) is 54.4 Å². The minimum Gasteiger partial charge on any atom is -0.236 e. The summed E-state index contributed by atoms with van der Waals surface area (Å²) in [5, 5.41) is 1.95. The molecule has 1 nitrogen and oxygen atoms in total. The highest BCUT2D eigenvalue weighted by molar-refractivity contribution is 14.1. The Morgan fingerprint density at radius 2 is 1.96 bits per heavy atom. The third-order valence-corrected chi connectivity index (χ3v) is 5.97. The molecule has 117 valence electrons. The highest BCUT2D eigenvalue weighted by Gasteiger charge is 2.32. The molecule has 0 aliphatic heterocycles. The van der Waals surface area contributed by atoms with Crippen molar-refractivity contribution in [2.45, 2.75) is 12.6 Å². The quantitative estimate of drug-likeness (QED) is 0.287.